The summed E-state index contributed by atoms with van der Waals surface area (Å²) >= 11 is 6.97. The normalized spacial score (nSPS) is 10.8. The van der Waals surface area contributed by atoms with Crippen molar-refractivity contribution >= 4 is 48.5 Å². The molecule has 0 aliphatic rings. The van der Waals surface area contributed by atoms with Gasteiger partial charge in [-0.25, -0.2) is 9.37 Å². The second-order valence-electron chi connectivity index (χ2n) is 4.58. The zero-order chi connectivity index (χ0) is 14.8. The van der Waals surface area contributed by atoms with Crippen molar-refractivity contribution in [2.45, 2.75) is 6.54 Å². The van der Waals surface area contributed by atoms with Gasteiger partial charge in [0.2, 0.25) is 0 Å². The minimum atomic E-state index is -0.247. The predicted molar refractivity (Wildman–Crippen MR) is 90.9 cm³/mol. The Balaban J connectivity index is 1.92. The molecule has 0 saturated heterocycles. The van der Waals surface area contributed by atoms with Gasteiger partial charge in [0.05, 0.1) is 0 Å². The van der Waals surface area contributed by atoms with Gasteiger partial charge in [-0.05, 0) is 35.9 Å². The number of hydrogen-bond donors (Lipinski definition) is 1. The number of fused-ring (bicyclic) bond motifs is 1. The second kappa shape index (κ2) is 6.12. The molecule has 0 unspecified atom stereocenters. The molecule has 3 rings (SSSR count). The molecular formula is C16H11Br2FN2. The standard InChI is InChI=1S/C16H11Br2FN2/c17-14-5-4-11(19)8-10(14)9-21-16-13-2-1-3-15(18)12(13)6-7-20-16/h1-8H,9H2,(H,20,21). The van der Waals surface area contributed by atoms with Crippen molar-refractivity contribution in [3.8, 4) is 0 Å². The van der Waals surface area contributed by atoms with E-state index in [1.54, 1.807) is 12.3 Å². The Bertz CT molecular complexity index is 805. The Morgan fingerprint density at radius 1 is 1.00 bits per heavy atom. The van der Waals surface area contributed by atoms with E-state index < -0.39 is 0 Å². The molecule has 0 amide bonds. The maximum atomic E-state index is 13.3. The van der Waals surface area contributed by atoms with E-state index in [1.165, 1.54) is 12.1 Å². The lowest BCUT2D eigenvalue weighted by Crippen LogP contribution is -2.03. The fourth-order valence-electron chi connectivity index (χ4n) is 2.17. The molecule has 2 aromatic carbocycles. The van der Waals surface area contributed by atoms with Crippen molar-refractivity contribution in [3.63, 3.8) is 0 Å². The molecule has 0 atom stereocenters. The second-order valence-corrected chi connectivity index (χ2v) is 6.29. The van der Waals surface area contributed by atoms with Crippen molar-refractivity contribution < 1.29 is 4.39 Å². The van der Waals surface area contributed by atoms with Crippen LogP contribution in [0.2, 0.25) is 0 Å². The van der Waals surface area contributed by atoms with Gasteiger partial charge in [-0.15, -0.1) is 0 Å². The molecule has 0 aliphatic heterocycles. The number of nitrogens with zero attached hydrogens (tertiary/aromatic N) is 1. The number of aromatic nitrogens is 1. The monoisotopic (exact) mass is 408 g/mol. The fourth-order valence-corrected chi connectivity index (χ4v) is 3.05. The Morgan fingerprint density at radius 2 is 1.86 bits per heavy atom. The van der Waals surface area contributed by atoms with Crippen LogP contribution in [0.4, 0.5) is 10.2 Å². The van der Waals surface area contributed by atoms with E-state index in [-0.39, 0.29) is 5.82 Å². The minimum absolute atomic E-state index is 0.247. The van der Waals surface area contributed by atoms with E-state index in [0.29, 0.717) is 6.54 Å². The lowest BCUT2D eigenvalue weighted by atomic mass is 10.1. The third kappa shape index (κ3) is 3.09. The Kier molecular flexibility index (Phi) is 4.22. The molecule has 5 heteroatoms. The van der Waals surface area contributed by atoms with Crippen LogP contribution in [0.5, 0.6) is 0 Å². The maximum absolute atomic E-state index is 13.3. The zero-order valence-electron chi connectivity index (χ0n) is 10.9. The number of pyridine rings is 1. The molecule has 21 heavy (non-hydrogen) atoms. The molecule has 0 bridgehead atoms. The van der Waals surface area contributed by atoms with Gasteiger partial charge < -0.3 is 5.32 Å². The first-order valence-electron chi connectivity index (χ1n) is 6.36. The molecule has 1 heterocycles. The Labute approximate surface area is 138 Å². The van der Waals surface area contributed by atoms with Crippen LogP contribution < -0.4 is 5.32 Å². The third-order valence-electron chi connectivity index (χ3n) is 3.21. The number of rotatable bonds is 3. The predicted octanol–water partition coefficient (Wildman–Crippen LogP) is 5.51. The molecule has 0 fully saturated rings. The summed E-state index contributed by atoms with van der Waals surface area (Å²) in [6.45, 7) is 0.497. The number of benzene rings is 2. The van der Waals surface area contributed by atoms with Crippen molar-refractivity contribution in [2.75, 3.05) is 5.32 Å². The molecule has 1 aromatic heterocycles. The molecule has 0 radical (unpaired) electrons. The molecule has 1 N–H and O–H groups in total. The van der Waals surface area contributed by atoms with Crippen molar-refractivity contribution in [1.29, 1.82) is 0 Å². The summed E-state index contributed by atoms with van der Waals surface area (Å²) in [5, 5.41) is 5.39. The molecule has 106 valence electrons. The third-order valence-corrected chi connectivity index (χ3v) is 4.67. The highest BCUT2D eigenvalue weighted by atomic mass is 79.9. The van der Waals surface area contributed by atoms with Crippen LogP contribution in [0.15, 0.2) is 57.6 Å². The van der Waals surface area contributed by atoms with Crippen LogP contribution in [0, 0.1) is 5.82 Å². The zero-order valence-corrected chi connectivity index (χ0v) is 14.1. The molecular weight excluding hydrogens is 399 g/mol. The van der Waals surface area contributed by atoms with E-state index >= 15 is 0 Å². The lowest BCUT2D eigenvalue weighted by Gasteiger charge is -2.10. The number of halogens is 3. The highest BCUT2D eigenvalue weighted by molar-refractivity contribution is 9.11. The van der Waals surface area contributed by atoms with Gasteiger partial charge in [-0.3, -0.25) is 0 Å². The first kappa shape index (κ1) is 14.5. The van der Waals surface area contributed by atoms with E-state index in [0.717, 1.165) is 31.1 Å². The molecule has 3 aromatic rings. The lowest BCUT2D eigenvalue weighted by molar-refractivity contribution is 0.625. The highest BCUT2D eigenvalue weighted by Crippen LogP contribution is 2.28. The van der Waals surface area contributed by atoms with E-state index in [1.807, 2.05) is 24.3 Å². The summed E-state index contributed by atoms with van der Waals surface area (Å²) in [5.41, 5.74) is 0.851. The van der Waals surface area contributed by atoms with Gasteiger partial charge in [-0.1, -0.05) is 44.0 Å². The van der Waals surface area contributed by atoms with Crippen LogP contribution in [-0.4, -0.2) is 4.98 Å². The van der Waals surface area contributed by atoms with Gasteiger partial charge in [0, 0.05) is 32.5 Å². The number of anilines is 1. The summed E-state index contributed by atoms with van der Waals surface area (Å²) in [5.74, 6) is 0.536. The smallest absolute Gasteiger partial charge is 0.134 e. The molecule has 0 spiro atoms. The van der Waals surface area contributed by atoms with Gasteiger partial charge in [0.25, 0.3) is 0 Å². The van der Waals surface area contributed by atoms with Gasteiger partial charge in [0.1, 0.15) is 11.6 Å². The first-order valence-corrected chi connectivity index (χ1v) is 7.95. The first-order chi connectivity index (χ1) is 10.1. The summed E-state index contributed by atoms with van der Waals surface area (Å²) < 4.78 is 15.2. The fraction of sp³-hybridized carbons (Fsp3) is 0.0625. The van der Waals surface area contributed by atoms with Crippen molar-refractivity contribution in [1.82, 2.24) is 4.98 Å². The minimum Gasteiger partial charge on any atom is -0.365 e. The van der Waals surface area contributed by atoms with Crippen LogP contribution in [0.1, 0.15) is 5.56 Å². The average molecular weight is 410 g/mol. The van der Waals surface area contributed by atoms with E-state index in [9.17, 15) is 4.39 Å². The number of hydrogen-bond acceptors (Lipinski definition) is 2. The SMILES string of the molecule is Fc1ccc(Br)c(CNc2nccc3c(Br)cccc23)c1. The Hall–Kier alpha value is -1.46. The summed E-state index contributed by atoms with van der Waals surface area (Å²) in [4.78, 5) is 4.37. The summed E-state index contributed by atoms with van der Waals surface area (Å²) in [7, 11) is 0. The summed E-state index contributed by atoms with van der Waals surface area (Å²) in [6.07, 6.45) is 1.76. The highest BCUT2D eigenvalue weighted by Gasteiger charge is 2.06. The topological polar surface area (TPSA) is 24.9 Å². The number of nitrogens with one attached hydrogen (secondary N) is 1. The quantitative estimate of drug-likeness (QED) is 0.616. The van der Waals surface area contributed by atoms with Crippen LogP contribution in [-0.2, 0) is 6.54 Å². The van der Waals surface area contributed by atoms with Crippen LogP contribution in [0.25, 0.3) is 10.8 Å². The van der Waals surface area contributed by atoms with Crippen molar-refractivity contribution in [2.24, 2.45) is 0 Å². The van der Waals surface area contributed by atoms with Gasteiger partial charge >= 0.3 is 0 Å². The van der Waals surface area contributed by atoms with Crippen LogP contribution in [0.3, 0.4) is 0 Å². The van der Waals surface area contributed by atoms with Crippen LogP contribution >= 0.6 is 31.9 Å². The van der Waals surface area contributed by atoms with Gasteiger partial charge in [-0.2, -0.15) is 0 Å². The molecule has 2 nitrogen and oxygen atoms in total. The largest absolute Gasteiger partial charge is 0.365 e. The van der Waals surface area contributed by atoms with Gasteiger partial charge in [0.15, 0.2) is 0 Å². The Morgan fingerprint density at radius 3 is 2.71 bits per heavy atom. The summed E-state index contributed by atoms with van der Waals surface area (Å²) in [6, 6.07) is 12.6. The van der Waals surface area contributed by atoms with Crippen molar-refractivity contribution in [3.05, 3.63) is 69.0 Å². The van der Waals surface area contributed by atoms with E-state index in [4.69, 9.17) is 0 Å². The molecule has 0 aliphatic carbocycles. The average Bonchev–Trinajstić information content (AvgIpc) is 2.49. The maximum Gasteiger partial charge on any atom is 0.134 e. The molecule has 0 saturated carbocycles. The van der Waals surface area contributed by atoms with E-state index in [2.05, 4.69) is 42.2 Å².